The third kappa shape index (κ3) is 4.08. The smallest absolute Gasteiger partial charge is 0.270 e. The van der Waals surface area contributed by atoms with Gasteiger partial charge in [0, 0.05) is 24.2 Å². The van der Waals surface area contributed by atoms with E-state index in [4.69, 9.17) is 5.11 Å². The van der Waals surface area contributed by atoms with E-state index >= 15 is 0 Å². The molecule has 0 saturated heterocycles. The number of hydrogen-bond acceptors (Lipinski definition) is 3. The molecular weight excluding hydrogens is 240 g/mol. The standard InChI is InChI=1S/C15H18N2O2/c1-11(13-6-7-13)17-15(19)14-8-5-12(10-16-14)4-2-3-9-18/h5,8,10-11,13,18H,3,6-7,9H2,1H3,(H,17,19). The Bertz CT molecular complexity index is 495. The van der Waals surface area contributed by atoms with Gasteiger partial charge < -0.3 is 10.4 Å². The maximum absolute atomic E-state index is 11.9. The Balaban J connectivity index is 1.93. The van der Waals surface area contributed by atoms with Crippen LogP contribution in [0.5, 0.6) is 0 Å². The van der Waals surface area contributed by atoms with Crippen molar-refractivity contribution in [3.63, 3.8) is 0 Å². The Morgan fingerprint density at radius 1 is 1.58 bits per heavy atom. The highest BCUT2D eigenvalue weighted by molar-refractivity contribution is 5.92. The highest BCUT2D eigenvalue weighted by atomic mass is 16.2. The van der Waals surface area contributed by atoms with Gasteiger partial charge in [0.25, 0.3) is 5.91 Å². The van der Waals surface area contributed by atoms with Crippen LogP contribution in [0.4, 0.5) is 0 Å². The second kappa shape index (κ2) is 6.35. The van der Waals surface area contributed by atoms with Crippen molar-refractivity contribution in [1.82, 2.24) is 10.3 Å². The number of amides is 1. The molecule has 1 heterocycles. The average Bonchev–Trinajstić information content (AvgIpc) is 3.24. The maximum Gasteiger partial charge on any atom is 0.270 e. The van der Waals surface area contributed by atoms with Gasteiger partial charge in [0.1, 0.15) is 5.69 Å². The third-order valence-corrected chi connectivity index (χ3v) is 3.15. The number of nitrogens with one attached hydrogen (secondary N) is 1. The lowest BCUT2D eigenvalue weighted by atomic mass is 10.2. The number of rotatable bonds is 4. The SMILES string of the molecule is CC(NC(=O)c1ccc(C#CCCO)cn1)C1CC1. The van der Waals surface area contributed by atoms with Gasteiger partial charge in [-0.1, -0.05) is 11.8 Å². The number of hydrogen-bond donors (Lipinski definition) is 2. The van der Waals surface area contributed by atoms with E-state index in [1.165, 1.54) is 12.8 Å². The summed E-state index contributed by atoms with van der Waals surface area (Å²) < 4.78 is 0. The molecule has 1 aromatic heterocycles. The van der Waals surface area contributed by atoms with Crippen molar-refractivity contribution < 1.29 is 9.90 Å². The zero-order valence-corrected chi connectivity index (χ0v) is 11.0. The number of aromatic nitrogens is 1. The van der Waals surface area contributed by atoms with Gasteiger partial charge in [0.05, 0.1) is 6.61 Å². The van der Waals surface area contributed by atoms with Crippen molar-refractivity contribution in [2.45, 2.75) is 32.2 Å². The van der Waals surface area contributed by atoms with Crippen LogP contribution in [-0.2, 0) is 0 Å². The van der Waals surface area contributed by atoms with E-state index in [9.17, 15) is 4.79 Å². The molecule has 4 nitrogen and oxygen atoms in total. The Labute approximate surface area is 113 Å². The molecule has 2 rings (SSSR count). The first-order chi connectivity index (χ1) is 9.20. The van der Waals surface area contributed by atoms with Crippen molar-refractivity contribution in [3.05, 3.63) is 29.6 Å². The Morgan fingerprint density at radius 3 is 2.95 bits per heavy atom. The Kier molecular flexibility index (Phi) is 4.53. The molecule has 1 saturated carbocycles. The van der Waals surface area contributed by atoms with Gasteiger partial charge in [0.15, 0.2) is 0 Å². The highest BCUT2D eigenvalue weighted by Crippen LogP contribution is 2.32. The number of pyridine rings is 1. The molecule has 1 unspecified atom stereocenters. The number of carbonyl (C=O) groups excluding carboxylic acids is 1. The molecule has 0 spiro atoms. The summed E-state index contributed by atoms with van der Waals surface area (Å²) in [6.07, 6.45) is 4.44. The van der Waals surface area contributed by atoms with Crippen LogP contribution in [0.2, 0.25) is 0 Å². The van der Waals surface area contributed by atoms with Crippen molar-refractivity contribution in [2.24, 2.45) is 5.92 Å². The fraction of sp³-hybridized carbons (Fsp3) is 0.467. The van der Waals surface area contributed by atoms with Crippen molar-refractivity contribution in [3.8, 4) is 11.8 Å². The quantitative estimate of drug-likeness (QED) is 0.801. The fourth-order valence-electron chi connectivity index (χ4n) is 1.82. The minimum Gasteiger partial charge on any atom is -0.395 e. The van der Waals surface area contributed by atoms with Crippen LogP contribution >= 0.6 is 0 Å². The van der Waals surface area contributed by atoms with Crippen LogP contribution in [0, 0.1) is 17.8 Å². The van der Waals surface area contributed by atoms with E-state index in [1.54, 1.807) is 18.3 Å². The molecule has 19 heavy (non-hydrogen) atoms. The molecule has 1 amide bonds. The summed E-state index contributed by atoms with van der Waals surface area (Å²) in [4.78, 5) is 16.0. The molecule has 100 valence electrons. The van der Waals surface area contributed by atoms with E-state index < -0.39 is 0 Å². The molecule has 1 aromatic rings. The molecule has 1 fully saturated rings. The van der Waals surface area contributed by atoms with E-state index in [1.807, 2.05) is 6.92 Å². The fourth-order valence-corrected chi connectivity index (χ4v) is 1.82. The summed E-state index contributed by atoms with van der Waals surface area (Å²) in [6, 6.07) is 3.67. The second-order valence-corrected chi connectivity index (χ2v) is 4.81. The first kappa shape index (κ1) is 13.6. The van der Waals surface area contributed by atoms with Crippen LogP contribution in [0.25, 0.3) is 0 Å². The van der Waals surface area contributed by atoms with E-state index in [2.05, 4.69) is 22.1 Å². The molecule has 1 aliphatic carbocycles. The second-order valence-electron chi connectivity index (χ2n) is 4.81. The monoisotopic (exact) mass is 258 g/mol. The van der Waals surface area contributed by atoms with Gasteiger partial charge in [-0.15, -0.1) is 0 Å². The first-order valence-electron chi connectivity index (χ1n) is 6.57. The third-order valence-electron chi connectivity index (χ3n) is 3.15. The lowest BCUT2D eigenvalue weighted by Gasteiger charge is -2.11. The minimum atomic E-state index is -0.130. The van der Waals surface area contributed by atoms with E-state index in [-0.39, 0.29) is 18.6 Å². The molecule has 2 N–H and O–H groups in total. The molecule has 1 atom stereocenters. The van der Waals surface area contributed by atoms with Crippen molar-refractivity contribution >= 4 is 5.91 Å². The van der Waals surface area contributed by atoms with Crippen LogP contribution in [-0.4, -0.2) is 28.6 Å². The van der Waals surface area contributed by atoms with Gasteiger partial charge in [-0.3, -0.25) is 4.79 Å². The minimum absolute atomic E-state index is 0.0555. The van der Waals surface area contributed by atoms with Crippen LogP contribution in [0.1, 0.15) is 42.2 Å². The topological polar surface area (TPSA) is 62.2 Å². The summed E-state index contributed by atoms with van der Waals surface area (Å²) in [5, 5.41) is 11.6. The lowest BCUT2D eigenvalue weighted by molar-refractivity contribution is 0.0931. The first-order valence-corrected chi connectivity index (χ1v) is 6.57. The summed E-state index contributed by atoms with van der Waals surface area (Å²) in [7, 11) is 0. The van der Waals surface area contributed by atoms with E-state index in [0.29, 0.717) is 18.0 Å². The zero-order chi connectivity index (χ0) is 13.7. The van der Waals surface area contributed by atoms with Gasteiger partial charge >= 0.3 is 0 Å². The summed E-state index contributed by atoms with van der Waals surface area (Å²) in [5.41, 5.74) is 1.17. The van der Waals surface area contributed by atoms with Gasteiger partial charge in [0.2, 0.25) is 0 Å². The Morgan fingerprint density at radius 2 is 2.37 bits per heavy atom. The van der Waals surface area contributed by atoms with E-state index in [0.717, 1.165) is 5.56 Å². The Hall–Kier alpha value is -1.86. The van der Waals surface area contributed by atoms with Crippen LogP contribution in [0.15, 0.2) is 18.3 Å². The molecule has 0 aliphatic heterocycles. The molecule has 4 heteroatoms. The molecule has 0 aromatic carbocycles. The number of aliphatic hydroxyl groups is 1. The van der Waals surface area contributed by atoms with Gasteiger partial charge in [-0.05, 0) is 37.8 Å². The summed E-state index contributed by atoms with van der Waals surface area (Å²) in [5.74, 6) is 6.19. The zero-order valence-electron chi connectivity index (χ0n) is 11.0. The van der Waals surface area contributed by atoms with Gasteiger partial charge in [-0.25, -0.2) is 4.98 Å². The van der Waals surface area contributed by atoms with Crippen LogP contribution < -0.4 is 5.32 Å². The largest absolute Gasteiger partial charge is 0.395 e. The van der Waals surface area contributed by atoms with Crippen LogP contribution in [0.3, 0.4) is 0 Å². The summed E-state index contributed by atoms with van der Waals surface area (Å²) in [6.45, 7) is 2.09. The van der Waals surface area contributed by atoms with Gasteiger partial charge in [-0.2, -0.15) is 0 Å². The highest BCUT2D eigenvalue weighted by Gasteiger charge is 2.29. The number of aliphatic hydroxyl groups excluding tert-OH is 1. The van der Waals surface area contributed by atoms with Crippen molar-refractivity contribution in [2.75, 3.05) is 6.61 Å². The normalized spacial score (nSPS) is 15.3. The average molecular weight is 258 g/mol. The molecular formula is C15H18N2O2. The maximum atomic E-state index is 11.9. The molecule has 1 aliphatic rings. The number of nitrogens with zero attached hydrogens (tertiary/aromatic N) is 1. The lowest BCUT2D eigenvalue weighted by Crippen LogP contribution is -2.34. The summed E-state index contributed by atoms with van der Waals surface area (Å²) >= 11 is 0. The molecule has 0 bridgehead atoms. The predicted octanol–water partition coefficient (Wildman–Crippen LogP) is 1.34. The number of carbonyl (C=O) groups is 1. The van der Waals surface area contributed by atoms with Crippen molar-refractivity contribution in [1.29, 1.82) is 0 Å². The predicted molar refractivity (Wildman–Crippen MR) is 72.5 cm³/mol. The molecule has 0 radical (unpaired) electrons.